The maximum absolute atomic E-state index is 10.6. The number of aliphatic hydroxyl groups excluding tert-OH is 1. The second kappa shape index (κ2) is 10.4. The highest BCUT2D eigenvalue weighted by Crippen LogP contribution is 2.25. The molecular formula is C26H32NO2+. The van der Waals surface area contributed by atoms with Gasteiger partial charge in [-0.25, -0.2) is 0 Å². The van der Waals surface area contributed by atoms with E-state index >= 15 is 0 Å². The van der Waals surface area contributed by atoms with Crippen LogP contribution in [0.2, 0.25) is 0 Å². The zero-order chi connectivity index (χ0) is 20.5. The molecule has 0 aliphatic heterocycles. The van der Waals surface area contributed by atoms with E-state index in [0.717, 1.165) is 11.0 Å². The van der Waals surface area contributed by atoms with Gasteiger partial charge < -0.3 is 14.3 Å². The molecular weight excluding hydrogens is 358 g/mol. The number of benzene rings is 3. The van der Waals surface area contributed by atoms with Crippen molar-refractivity contribution < 1.29 is 14.3 Å². The van der Waals surface area contributed by atoms with Crippen LogP contribution in [-0.4, -0.2) is 49.5 Å². The first-order valence-electron chi connectivity index (χ1n) is 10.3. The molecule has 1 atom stereocenters. The Morgan fingerprint density at radius 3 is 1.72 bits per heavy atom. The van der Waals surface area contributed by atoms with E-state index in [1.54, 1.807) is 0 Å². The first-order valence-corrected chi connectivity index (χ1v) is 10.3. The molecule has 3 heteroatoms. The van der Waals surface area contributed by atoms with Crippen LogP contribution in [0, 0.1) is 0 Å². The maximum Gasteiger partial charge on any atom is 0.126 e. The van der Waals surface area contributed by atoms with Gasteiger partial charge in [0.2, 0.25) is 0 Å². The predicted molar refractivity (Wildman–Crippen MR) is 119 cm³/mol. The summed E-state index contributed by atoms with van der Waals surface area (Å²) >= 11 is 0. The van der Waals surface area contributed by atoms with Crippen molar-refractivity contribution in [1.29, 1.82) is 0 Å². The quantitative estimate of drug-likeness (QED) is 0.518. The van der Waals surface area contributed by atoms with Crippen LogP contribution in [-0.2, 0) is 11.3 Å². The largest absolute Gasteiger partial charge is 0.385 e. The number of rotatable bonds is 10. The van der Waals surface area contributed by atoms with E-state index < -0.39 is 6.10 Å². The summed E-state index contributed by atoms with van der Waals surface area (Å²) in [6.45, 7) is 2.43. The highest BCUT2D eigenvalue weighted by Gasteiger charge is 2.22. The lowest BCUT2D eigenvalue weighted by Gasteiger charge is -2.32. The van der Waals surface area contributed by atoms with Crippen LogP contribution in [0.25, 0.3) is 0 Å². The molecule has 3 nitrogen and oxygen atoms in total. The Hall–Kier alpha value is -2.46. The third-order valence-corrected chi connectivity index (χ3v) is 5.16. The van der Waals surface area contributed by atoms with Gasteiger partial charge in [-0.2, -0.15) is 0 Å². The number of hydrogen-bond acceptors (Lipinski definition) is 2. The molecule has 0 radical (unpaired) electrons. The van der Waals surface area contributed by atoms with Crippen LogP contribution in [0.5, 0.6) is 0 Å². The molecule has 0 heterocycles. The molecule has 29 heavy (non-hydrogen) atoms. The van der Waals surface area contributed by atoms with Gasteiger partial charge in [0.15, 0.2) is 0 Å². The highest BCUT2D eigenvalue weighted by molar-refractivity contribution is 5.32. The van der Waals surface area contributed by atoms with Crippen molar-refractivity contribution in [2.75, 3.05) is 33.9 Å². The van der Waals surface area contributed by atoms with E-state index in [-0.39, 0.29) is 5.92 Å². The summed E-state index contributed by atoms with van der Waals surface area (Å²) in [6.07, 6.45) is -0.499. The Morgan fingerprint density at radius 2 is 1.21 bits per heavy atom. The lowest BCUT2D eigenvalue weighted by molar-refractivity contribution is -0.906. The number of nitrogens with zero attached hydrogens (tertiary/aromatic N) is 1. The third-order valence-electron chi connectivity index (χ3n) is 5.16. The summed E-state index contributed by atoms with van der Waals surface area (Å²) in [5, 5.41) is 10.6. The van der Waals surface area contributed by atoms with Gasteiger partial charge in [-0.3, -0.25) is 0 Å². The minimum absolute atomic E-state index is 0.163. The molecule has 1 N–H and O–H groups in total. The van der Waals surface area contributed by atoms with Gasteiger partial charge in [0.25, 0.3) is 0 Å². The zero-order valence-electron chi connectivity index (χ0n) is 17.4. The van der Waals surface area contributed by atoms with Gasteiger partial charge in [0.05, 0.1) is 27.3 Å². The lowest BCUT2D eigenvalue weighted by Crippen LogP contribution is -2.46. The summed E-state index contributed by atoms with van der Waals surface area (Å²) in [5.41, 5.74) is 3.74. The second-order valence-electron chi connectivity index (χ2n) is 8.33. The standard InChI is InChI=1S/C26H32NO2/c1-27(2,18-22-12-6-3-7-13-22)19-25(28)20-29-21-26(23-14-8-4-9-15-23)24-16-10-5-11-17-24/h3-17,25-26,28H,18-21H2,1-2H3/q+1. The van der Waals surface area contributed by atoms with Crippen LogP contribution < -0.4 is 0 Å². The van der Waals surface area contributed by atoms with E-state index in [9.17, 15) is 5.11 Å². The van der Waals surface area contributed by atoms with E-state index in [0.29, 0.717) is 19.8 Å². The van der Waals surface area contributed by atoms with Gasteiger partial charge >= 0.3 is 0 Å². The molecule has 0 amide bonds. The molecule has 0 fully saturated rings. The fraction of sp³-hybridized carbons (Fsp3) is 0.308. The first-order chi connectivity index (χ1) is 14.0. The predicted octanol–water partition coefficient (Wildman–Crippen LogP) is 4.47. The number of hydrogen-bond donors (Lipinski definition) is 1. The summed E-state index contributed by atoms with van der Waals surface area (Å²) < 4.78 is 6.72. The Labute approximate surface area is 174 Å². The minimum Gasteiger partial charge on any atom is -0.385 e. The van der Waals surface area contributed by atoms with Crippen LogP contribution in [0.1, 0.15) is 22.6 Å². The normalized spacial score (nSPS) is 12.8. The Morgan fingerprint density at radius 1 is 0.724 bits per heavy atom. The number of likely N-dealkylation sites (N-methyl/N-ethyl adjacent to an activating group) is 1. The molecule has 0 saturated carbocycles. The van der Waals surface area contributed by atoms with Crippen molar-refractivity contribution in [3.05, 3.63) is 108 Å². The average molecular weight is 391 g/mol. The van der Waals surface area contributed by atoms with Crippen LogP contribution >= 0.6 is 0 Å². The molecule has 0 saturated heterocycles. The van der Waals surface area contributed by atoms with Crippen LogP contribution in [0.4, 0.5) is 0 Å². The molecule has 3 rings (SSSR count). The molecule has 3 aromatic carbocycles. The van der Waals surface area contributed by atoms with Crippen molar-refractivity contribution in [2.24, 2.45) is 0 Å². The lowest BCUT2D eigenvalue weighted by atomic mass is 9.92. The van der Waals surface area contributed by atoms with E-state index in [2.05, 4.69) is 86.9 Å². The van der Waals surface area contributed by atoms with Crippen molar-refractivity contribution >= 4 is 0 Å². The molecule has 0 spiro atoms. The van der Waals surface area contributed by atoms with Gasteiger partial charge in [0.1, 0.15) is 19.2 Å². The molecule has 1 unspecified atom stereocenters. The first kappa shape index (κ1) is 21.3. The Bertz CT molecular complexity index is 795. The smallest absolute Gasteiger partial charge is 0.126 e. The monoisotopic (exact) mass is 390 g/mol. The van der Waals surface area contributed by atoms with Gasteiger partial charge in [-0.05, 0) is 11.1 Å². The SMILES string of the molecule is C[N+](C)(Cc1ccccc1)CC(O)COCC(c1ccccc1)c1ccccc1. The van der Waals surface area contributed by atoms with Gasteiger partial charge in [-0.1, -0.05) is 91.0 Å². The second-order valence-corrected chi connectivity index (χ2v) is 8.33. The molecule has 3 aromatic rings. The van der Waals surface area contributed by atoms with Gasteiger partial charge in [0, 0.05) is 11.5 Å². The van der Waals surface area contributed by atoms with Gasteiger partial charge in [-0.15, -0.1) is 0 Å². The maximum atomic E-state index is 10.6. The number of ether oxygens (including phenoxy) is 1. The Balaban J connectivity index is 1.55. The molecule has 0 aromatic heterocycles. The molecule has 152 valence electrons. The van der Waals surface area contributed by atoms with E-state index in [4.69, 9.17) is 4.74 Å². The summed E-state index contributed by atoms with van der Waals surface area (Å²) in [4.78, 5) is 0. The Kier molecular flexibility index (Phi) is 7.59. The van der Waals surface area contributed by atoms with Crippen molar-refractivity contribution in [1.82, 2.24) is 0 Å². The number of aliphatic hydroxyl groups is 1. The third kappa shape index (κ3) is 6.82. The van der Waals surface area contributed by atoms with E-state index in [1.807, 2.05) is 18.2 Å². The summed E-state index contributed by atoms with van der Waals surface area (Å²) in [5.74, 6) is 0.163. The van der Waals surface area contributed by atoms with Crippen molar-refractivity contribution in [3.8, 4) is 0 Å². The summed E-state index contributed by atoms with van der Waals surface area (Å²) in [6, 6.07) is 31.3. The highest BCUT2D eigenvalue weighted by atomic mass is 16.5. The van der Waals surface area contributed by atoms with Crippen LogP contribution in [0.3, 0.4) is 0 Å². The van der Waals surface area contributed by atoms with Crippen molar-refractivity contribution in [3.63, 3.8) is 0 Å². The van der Waals surface area contributed by atoms with Crippen molar-refractivity contribution in [2.45, 2.75) is 18.6 Å². The average Bonchev–Trinajstić information content (AvgIpc) is 2.72. The molecule has 0 aliphatic carbocycles. The fourth-order valence-electron chi connectivity index (χ4n) is 3.84. The van der Waals surface area contributed by atoms with Crippen LogP contribution in [0.15, 0.2) is 91.0 Å². The van der Waals surface area contributed by atoms with E-state index in [1.165, 1.54) is 16.7 Å². The zero-order valence-corrected chi connectivity index (χ0v) is 17.4. The minimum atomic E-state index is -0.499. The number of quaternary nitrogens is 1. The topological polar surface area (TPSA) is 29.5 Å². The molecule has 0 bridgehead atoms. The fourth-order valence-corrected chi connectivity index (χ4v) is 3.84. The molecule has 0 aliphatic rings. The summed E-state index contributed by atoms with van der Waals surface area (Å²) in [7, 11) is 4.29.